The molecule has 0 fully saturated rings. The van der Waals surface area contributed by atoms with Crippen molar-refractivity contribution in [1.29, 1.82) is 0 Å². The molecule has 1 aromatic heterocycles. The number of hydrogen-bond donors (Lipinski definition) is 1. The first-order valence-corrected chi connectivity index (χ1v) is 9.85. The Bertz CT molecular complexity index is 1100. The number of rotatable bonds is 7. The van der Waals surface area contributed by atoms with Crippen molar-refractivity contribution >= 4 is 17.0 Å². The van der Waals surface area contributed by atoms with Crippen LogP contribution in [0.15, 0.2) is 45.6 Å². The maximum absolute atomic E-state index is 12.4. The summed E-state index contributed by atoms with van der Waals surface area (Å²) >= 11 is 0. The summed E-state index contributed by atoms with van der Waals surface area (Å²) < 4.78 is 18.2. The van der Waals surface area contributed by atoms with Crippen molar-refractivity contribution in [3.05, 3.63) is 58.1 Å². The van der Waals surface area contributed by atoms with Crippen LogP contribution < -0.4 is 20.5 Å². The Kier molecular flexibility index (Phi) is 5.29. The van der Waals surface area contributed by atoms with Crippen molar-refractivity contribution in [1.82, 2.24) is 9.88 Å². The summed E-state index contributed by atoms with van der Waals surface area (Å²) in [6.07, 6.45) is 1.17. The molecule has 1 atom stereocenters. The van der Waals surface area contributed by atoms with Crippen molar-refractivity contribution in [2.45, 2.75) is 45.9 Å². The highest BCUT2D eigenvalue weighted by Crippen LogP contribution is 2.35. The Labute approximate surface area is 168 Å². The lowest BCUT2D eigenvalue weighted by atomic mass is 10.1. The maximum Gasteiger partial charge on any atom is 0.419 e. The number of para-hydroxylation sites is 2. The van der Waals surface area contributed by atoms with Gasteiger partial charge in [-0.1, -0.05) is 12.1 Å². The van der Waals surface area contributed by atoms with E-state index in [-0.39, 0.29) is 25.0 Å². The molecule has 0 aliphatic carbocycles. The lowest BCUT2D eigenvalue weighted by molar-refractivity contribution is -0.121. The first-order valence-electron chi connectivity index (χ1n) is 9.85. The van der Waals surface area contributed by atoms with Gasteiger partial charge in [0.05, 0.1) is 12.1 Å². The molecule has 3 aromatic rings. The highest BCUT2D eigenvalue weighted by Gasteiger charge is 2.22. The third-order valence-corrected chi connectivity index (χ3v) is 4.99. The average Bonchev–Trinajstić information content (AvgIpc) is 3.22. The number of amides is 1. The highest BCUT2D eigenvalue weighted by molar-refractivity contribution is 5.77. The predicted octanol–water partition coefficient (Wildman–Crippen LogP) is 3.02. The summed E-state index contributed by atoms with van der Waals surface area (Å²) in [5, 5.41) is 2.91. The van der Waals surface area contributed by atoms with Crippen LogP contribution in [0.2, 0.25) is 0 Å². The first kappa shape index (κ1) is 19.1. The van der Waals surface area contributed by atoms with Crippen LogP contribution in [0, 0.1) is 0 Å². The molecular weight excluding hydrogens is 372 g/mol. The van der Waals surface area contributed by atoms with Gasteiger partial charge in [0.15, 0.2) is 5.58 Å². The topological polar surface area (TPSA) is 82.7 Å². The summed E-state index contributed by atoms with van der Waals surface area (Å²) in [5.74, 6) is 1.00. The largest absolute Gasteiger partial charge is 0.494 e. The van der Waals surface area contributed by atoms with Crippen molar-refractivity contribution in [3.63, 3.8) is 0 Å². The molecule has 1 aliphatic heterocycles. The summed E-state index contributed by atoms with van der Waals surface area (Å²) in [6.45, 7) is 5.10. The maximum atomic E-state index is 12.4. The van der Waals surface area contributed by atoms with Gasteiger partial charge in [0.25, 0.3) is 0 Å². The molecule has 0 unspecified atom stereocenters. The number of ether oxygens (including phenoxy) is 2. The van der Waals surface area contributed by atoms with Crippen molar-refractivity contribution in [3.8, 4) is 11.5 Å². The SMILES string of the molecule is CCOc1cc2c(cc1CNC(=O)CCn1c(=O)oc3ccccc31)O[C@H](C)C2. The molecule has 7 nitrogen and oxygen atoms in total. The Hall–Kier alpha value is -3.22. The van der Waals surface area contributed by atoms with E-state index < -0.39 is 5.76 Å². The van der Waals surface area contributed by atoms with E-state index in [1.807, 2.05) is 32.0 Å². The molecule has 0 radical (unpaired) electrons. The van der Waals surface area contributed by atoms with Crippen LogP contribution in [0.5, 0.6) is 11.5 Å². The fraction of sp³-hybridized carbons (Fsp3) is 0.364. The fourth-order valence-corrected chi connectivity index (χ4v) is 3.63. The van der Waals surface area contributed by atoms with Crippen LogP contribution in [0.4, 0.5) is 0 Å². The van der Waals surface area contributed by atoms with E-state index in [4.69, 9.17) is 13.9 Å². The molecule has 4 rings (SSSR count). The molecule has 0 spiro atoms. The molecule has 7 heteroatoms. The summed E-state index contributed by atoms with van der Waals surface area (Å²) in [4.78, 5) is 24.4. The van der Waals surface area contributed by atoms with Gasteiger partial charge in [-0.2, -0.15) is 0 Å². The molecular formula is C22H24N2O5. The monoisotopic (exact) mass is 396 g/mol. The lowest BCUT2D eigenvalue weighted by Gasteiger charge is -2.13. The number of nitrogens with one attached hydrogen (secondary N) is 1. The third kappa shape index (κ3) is 3.99. The highest BCUT2D eigenvalue weighted by atomic mass is 16.5. The van der Waals surface area contributed by atoms with Crippen LogP contribution >= 0.6 is 0 Å². The molecule has 1 amide bonds. The Balaban J connectivity index is 1.41. The smallest absolute Gasteiger partial charge is 0.419 e. The second kappa shape index (κ2) is 8.03. The number of carbonyl (C=O) groups is 1. The Morgan fingerprint density at radius 1 is 1.31 bits per heavy atom. The number of benzene rings is 2. The molecule has 1 aliphatic rings. The van der Waals surface area contributed by atoms with Crippen molar-refractivity contribution in [2.24, 2.45) is 0 Å². The minimum Gasteiger partial charge on any atom is -0.494 e. The number of aromatic nitrogens is 1. The van der Waals surface area contributed by atoms with Gasteiger partial charge in [0.2, 0.25) is 5.91 Å². The summed E-state index contributed by atoms with van der Waals surface area (Å²) in [6, 6.07) is 11.1. The van der Waals surface area contributed by atoms with E-state index in [2.05, 4.69) is 5.32 Å². The second-order valence-corrected chi connectivity index (χ2v) is 7.15. The number of fused-ring (bicyclic) bond motifs is 2. The molecule has 0 saturated heterocycles. The lowest BCUT2D eigenvalue weighted by Crippen LogP contribution is -2.26. The Morgan fingerprint density at radius 2 is 2.14 bits per heavy atom. The zero-order chi connectivity index (χ0) is 20.4. The molecule has 1 N–H and O–H groups in total. The van der Waals surface area contributed by atoms with Crippen molar-refractivity contribution < 1.29 is 18.7 Å². The summed E-state index contributed by atoms with van der Waals surface area (Å²) in [5.41, 5.74) is 3.21. The van der Waals surface area contributed by atoms with E-state index in [1.54, 1.807) is 18.2 Å². The van der Waals surface area contributed by atoms with E-state index in [0.29, 0.717) is 24.3 Å². The van der Waals surface area contributed by atoms with Crippen LogP contribution in [0.3, 0.4) is 0 Å². The molecule has 152 valence electrons. The number of aryl methyl sites for hydroxylation is 1. The molecule has 0 bridgehead atoms. The second-order valence-electron chi connectivity index (χ2n) is 7.15. The minimum atomic E-state index is -0.456. The van der Waals surface area contributed by atoms with Gasteiger partial charge in [-0.25, -0.2) is 4.79 Å². The quantitative estimate of drug-likeness (QED) is 0.664. The standard InChI is InChI=1S/C22H24N2O5/c1-3-27-19-11-15-10-14(2)28-20(15)12-16(19)13-23-21(25)8-9-24-17-6-4-5-7-18(17)29-22(24)26/h4-7,11-12,14H,3,8-10,13H2,1-2H3,(H,23,25)/t14-/m1/s1. The Morgan fingerprint density at radius 3 is 2.97 bits per heavy atom. The molecule has 2 aromatic carbocycles. The van der Waals surface area contributed by atoms with Crippen LogP contribution in [-0.4, -0.2) is 23.2 Å². The van der Waals surface area contributed by atoms with Gasteiger partial charge >= 0.3 is 5.76 Å². The fourth-order valence-electron chi connectivity index (χ4n) is 3.63. The zero-order valence-corrected chi connectivity index (χ0v) is 16.6. The molecule has 0 saturated carbocycles. The molecule has 29 heavy (non-hydrogen) atoms. The number of nitrogens with zero attached hydrogens (tertiary/aromatic N) is 1. The van der Waals surface area contributed by atoms with Gasteiger partial charge in [-0.3, -0.25) is 9.36 Å². The zero-order valence-electron chi connectivity index (χ0n) is 16.6. The van der Waals surface area contributed by atoms with E-state index >= 15 is 0 Å². The number of carbonyl (C=O) groups excluding carboxylic acids is 1. The van der Waals surface area contributed by atoms with E-state index in [0.717, 1.165) is 29.0 Å². The summed E-state index contributed by atoms with van der Waals surface area (Å²) in [7, 11) is 0. The van der Waals surface area contributed by atoms with Crippen LogP contribution in [-0.2, 0) is 24.3 Å². The van der Waals surface area contributed by atoms with E-state index in [1.165, 1.54) is 4.57 Å². The van der Waals surface area contributed by atoms with Crippen molar-refractivity contribution in [2.75, 3.05) is 6.61 Å². The van der Waals surface area contributed by atoms with Crippen LogP contribution in [0.1, 0.15) is 31.4 Å². The molecule has 2 heterocycles. The van der Waals surface area contributed by atoms with Gasteiger partial charge < -0.3 is 19.2 Å². The van der Waals surface area contributed by atoms with Gasteiger partial charge in [-0.15, -0.1) is 0 Å². The first-order chi connectivity index (χ1) is 14.0. The number of oxazole rings is 1. The third-order valence-electron chi connectivity index (χ3n) is 4.99. The van der Waals surface area contributed by atoms with Gasteiger partial charge in [0.1, 0.15) is 17.6 Å². The minimum absolute atomic E-state index is 0.146. The van der Waals surface area contributed by atoms with Gasteiger partial charge in [-0.05, 0) is 38.1 Å². The van der Waals surface area contributed by atoms with Crippen LogP contribution in [0.25, 0.3) is 11.1 Å². The average molecular weight is 396 g/mol. The normalized spacial score (nSPS) is 15.2. The predicted molar refractivity (Wildman–Crippen MR) is 108 cm³/mol. The van der Waals surface area contributed by atoms with Gasteiger partial charge in [0, 0.05) is 37.1 Å². The number of hydrogen-bond acceptors (Lipinski definition) is 5. The van der Waals surface area contributed by atoms with E-state index in [9.17, 15) is 9.59 Å².